The monoisotopic (exact) mass is 199 g/mol. The number of oxazole rings is 1. The van der Waals surface area contributed by atoms with Crippen molar-refractivity contribution in [3.05, 3.63) is 17.8 Å². The van der Waals surface area contributed by atoms with Crippen LogP contribution < -0.4 is 0 Å². The minimum Gasteiger partial charge on any atom is -0.444 e. The smallest absolute Gasteiger partial charge is 0.209 e. The molecule has 3 heteroatoms. The van der Waals surface area contributed by atoms with E-state index in [0.717, 1.165) is 18.1 Å². The molecule has 1 aromatic heterocycles. The van der Waals surface area contributed by atoms with Crippen LogP contribution in [0.25, 0.3) is 0 Å². The fourth-order valence-corrected chi connectivity index (χ4v) is 2.13. The Morgan fingerprint density at radius 3 is 2.85 bits per heavy atom. The van der Waals surface area contributed by atoms with E-state index in [9.17, 15) is 0 Å². The topological polar surface area (TPSA) is 26.0 Å². The van der Waals surface area contributed by atoms with Crippen molar-refractivity contribution >= 4 is 11.6 Å². The first-order chi connectivity index (χ1) is 6.38. The van der Waals surface area contributed by atoms with E-state index in [4.69, 9.17) is 16.0 Å². The molecular formula is C10H14ClNO. The lowest BCUT2D eigenvalue weighted by molar-refractivity contribution is 0.424. The number of hydrogen-bond donors (Lipinski definition) is 0. The van der Waals surface area contributed by atoms with Gasteiger partial charge in [-0.15, -0.1) is 11.6 Å². The molecule has 0 aliphatic heterocycles. The summed E-state index contributed by atoms with van der Waals surface area (Å²) in [7, 11) is 0. The van der Waals surface area contributed by atoms with Gasteiger partial charge in [0, 0.05) is 6.42 Å². The summed E-state index contributed by atoms with van der Waals surface area (Å²) in [5.74, 6) is 2.85. The molecule has 1 saturated carbocycles. The van der Waals surface area contributed by atoms with E-state index in [-0.39, 0.29) is 0 Å². The number of nitrogens with zero attached hydrogens (tertiary/aromatic N) is 1. The van der Waals surface area contributed by atoms with Crippen molar-refractivity contribution in [2.45, 2.75) is 38.0 Å². The molecule has 0 saturated heterocycles. The second-order valence-corrected chi connectivity index (χ2v) is 3.98. The molecule has 13 heavy (non-hydrogen) atoms. The molecule has 2 nitrogen and oxygen atoms in total. The van der Waals surface area contributed by atoms with Crippen LogP contribution in [0.1, 0.15) is 37.3 Å². The van der Waals surface area contributed by atoms with Gasteiger partial charge in [-0.1, -0.05) is 25.7 Å². The van der Waals surface area contributed by atoms with Crippen molar-refractivity contribution in [3.8, 4) is 0 Å². The van der Waals surface area contributed by atoms with Gasteiger partial charge in [0.2, 0.25) is 5.89 Å². The van der Waals surface area contributed by atoms with Gasteiger partial charge in [-0.05, 0) is 5.92 Å². The first kappa shape index (κ1) is 9.07. The van der Waals surface area contributed by atoms with E-state index in [0.29, 0.717) is 11.8 Å². The van der Waals surface area contributed by atoms with Crippen molar-refractivity contribution in [3.63, 3.8) is 0 Å². The van der Waals surface area contributed by atoms with Gasteiger partial charge in [-0.2, -0.15) is 0 Å². The summed E-state index contributed by atoms with van der Waals surface area (Å²) in [6.45, 7) is 0. The van der Waals surface area contributed by atoms with Crippen LogP contribution in [-0.4, -0.2) is 4.98 Å². The maximum absolute atomic E-state index is 5.60. The molecule has 0 bridgehead atoms. The lowest BCUT2D eigenvalue weighted by Crippen LogP contribution is -1.96. The van der Waals surface area contributed by atoms with Gasteiger partial charge in [-0.3, -0.25) is 0 Å². The molecule has 0 unspecified atom stereocenters. The molecule has 1 aliphatic rings. The van der Waals surface area contributed by atoms with Gasteiger partial charge in [0.15, 0.2) is 0 Å². The second kappa shape index (κ2) is 4.14. The lowest BCUT2D eigenvalue weighted by atomic mass is 10.0. The predicted octanol–water partition coefficient (Wildman–Crippen LogP) is 3.15. The van der Waals surface area contributed by atoms with E-state index in [1.54, 1.807) is 0 Å². The molecule has 1 fully saturated rings. The molecule has 2 rings (SSSR count). The number of aromatic nitrogens is 1. The summed E-state index contributed by atoms with van der Waals surface area (Å²) in [6.07, 6.45) is 8.30. The maximum atomic E-state index is 5.60. The van der Waals surface area contributed by atoms with Crippen LogP contribution >= 0.6 is 11.6 Å². The third kappa shape index (κ3) is 2.25. The zero-order chi connectivity index (χ0) is 9.10. The molecule has 0 amide bonds. The van der Waals surface area contributed by atoms with Crippen LogP contribution in [0.15, 0.2) is 10.6 Å². The Morgan fingerprint density at radius 1 is 1.46 bits per heavy atom. The summed E-state index contributed by atoms with van der Waals surface area (Å²) < 4.78 is 5.45. The van der Waals surface area contributed by atoms with E-state index in [2.05, 4.69) is 4.98 Å². The van der Waals surface area contributed by atoms with Gasteiger partial charge in [0.25, 0.3) is 0 Å². The zero-order valence-electron chi connectivity index (χ0n) is 7.63. The lowest BCUT2D eigenvalue weighted by Gasteiger charge is -2.04. The minimum absolute atomic E-state index is 0.380. The summed E-state index contributed by atoms with van der Waals surface area (Å²) in [6, 6.07) is 0. The predicted molar refractivity (Wildman–Crippen MR) is 51.7 cm³/mol. The molecule has 72 valence electrons. The Balaban J connectivity index is 1.92. The third-order valence-electron chi connectivity index (χ3n) is 2.68. The summed E-state index contributed by atoms with van der Waals surface area (Å²) >= 11 is 5.60. The van der Waals surface area contributed by atoms with Crippen LogP contribution in [0.3, 0.4) is 0 Å². The van der Waals surface area contributed by atoms with Crippen molar-refractivity contribution in [2.24, 2.45) is 5.92 Å². The van der Waals surface area contributed by atoms with Crippen molar-refractivity contribution < 1.29 is 4.42 Å². The van der Waals surface area contributed by atoms with E-state index < -0.39 is 0 Å². The highest BCUT2D eigenvalue weighted by Crippen LogP contribution is 2.28. The van der Waals surface area contributed by atoms with Crippen molar-refractivity contribution in [1.82, 2.24) is 4.98 Å². The first-order valence-electron chi connectivity index (χ1n) is 4.88. The Hall–Kier alpha value is -0.500. The van der Waals surface area contributed by atoms with Gasteiger partial charge < -0.3 is 4.42 Å². The van der Waals surface area contributed by atoms with Crippen LogP contribution in [0.2, 0.25) is 0 Å². The molecule has 0 N–H and O–H groups in total. The highest BCUT2D eigenvalue weighted by atomic mass is 35.5. The highest BCUT2D eigenvalue weighted by molar-refractivity contribution is 6.16. The summed E-state index contributed by atoms with van der Waals surface area (Å²) in [5, 5.41) is 0. The van der Waals surface area contributed by atoms with Crippen molar-refractivity contribution in [1.29, 1.82) is 0 Å². The summed E-state index contributed by atoms with van der Waals surface area (Å²) in [4.78, 5) is 4.08. The molecule has 1 aliphatic carbocycles. The number of alkyl halides is 1. The molecular weight excluding hydrogens is 186 g/mol. The standard InChI is InChI=1S/C10H14ClNO/c11-6-10-12-7-9(13-10)5-8-3-1-2-4-8/h7-8H,1-6H2. The minimum atomic E-state index is 0.380. The van der Waals surface area contributed by atoms with E-state index in [1.165, 1.54) is 25.7 Å². The molecule has 1 aromatic rings. The van der Waals surface area contributed by atoms with Crippen LogP contribution in [0.4, 0.5) is 0 Å². The SMILES string of the molecule is ClCc1ncc(CC2CCCC2)o1. The van der Waals surface area contributed by atoms with Gasteiger partial charge in [-0.25, -0.2) is 4.98 Å². The Kier molecular flexibility index (Phi) is 2.89. The maximum Gasteiger partial charge on any atom is 0.209 e. The van der Waals surface area contributed by atoms with Crippen LogP contribution in [0, 0.1) is 5.92 Å². The largest absolute Gasteiger partial charge is 0.444 e. The Labute approximate surface area is 83.3 Å². The van der Waals surface area contributed by atoms with Crippen molar-refractivity contribution in [2.75, 3.05) is 0 Å². The van der Waals surface area contributed by atoms with E-state index in [1.807, 2.05) is 6.20 Å². The first-order valence-corrected chi connectivity index (χ1v) is 5.41. The second-order valence-electron chi connectivity index (χ2n) is 3.71. The number of hydrogen-bond acceptors (Lipinski definition) is 2. The molecule has 0 atom stereocenters. The zero-order valence-corrected chi connectivity index (χ0v) is 8.39. The van der Waals surface area contributed by atoms with Gasteiger partial charge >= 0.3 is 0 Å². The molecule has 0 aromatic carbocycles. The molecule has 0 radical (unpaired) electrons. The quantitative estimate of drug-likeness (QED) is 0.699. The highest BCUT2D eigenvalue weighted by Gasteiger charge is 2.17. The van der Waals surface area contributed by atoms with Gasteiger partial charge in [0.05, 0.1) is 12.1 Å². The van der Waals surface area contributed by atoms with Crippen LogP contribution in [0.5, 0.6) is 0 Å². The number of halogens is 1. The average Bonchev–Trinajstić information content (AvgIpc) is 2.76. The van der Waals surface area contributed by atoms with Gasteiger partial charge in [0.1, 0.15) is 5.76 Å². The fraction of sp³-hybridized carbons (Fsp3) is 0.700. The number of rotatable bonds is 3. The normalized spacial score (nSPS) is 18.2. The Morgan fingerprint density at radius 2 is 2.23 bits per heavy atom. The average molecular weight is 200 g/mol. The Bertz CT molecular complexity index is 266. The summed E-state index contributed by atoms with van der Waals surface area (Å²) in [5.41, 5.74) is 0. The fourth-order valence-electron chi connectivity index (χ4n) is 2.00. The van der Waals surface area contributed by atoms with Crippen LogP contribution in [-0.2, 0) is 12.3 Å². The third-order valence-corrected chi connectivity index (χ3v) is 2.91. The van der Waals surface area contributed by atoms with E-state index >= 15 is 0 Å². The molecule has 1 heterocycles. The molecule has 0 spiro atoms.